The molecule has 0 heterocycles. The summed E-state index contributed by atoms with van der Waals surface area (Å²) in [4.78, 5) is 22.2. The molecule has 1 atom stereocenters. The van der Waals surface area contributed by atoms with Crippen molar-refractivity contribution in [2.24, 2.45) is 0 Å². The maximum absolute atomic E-state index is 12.1. The van der Waals surface area contributed by atoms with Crippen LogP contribution in [0.15, 0.2) is 48.5 Å². The SMILES string of the molecule is CCC(NC(=O)COc1ccc([N+](=O)[O-])cc1)c1ccc(OC)cc1. The summed E-state index contributed by atoms with van der Waals surface area (Å²) in [5.41, 5.74) is 0.953. The molecule has 0 aliphatic heterocycles. The van der Waals surface area contributed by atoms with Gasteiger partial charge in [-0.2, -0.15) is 0 Å². The molecule has 0 aromatic heterocycles. The lowest BCUT2D eigenvalue weighted by atomic mass is 10.0. The highest BCUT2D eigenvalue weighted by Gasteiger charge is 2.13. The number of nitrogens with zero attached hydrogens (tertiary/aromatic N) is 1. The molecule has 25 heavy (non-hydrogen) atoms. The number of amides is 1. The minimum Gasteiger partial charge on any atom is -0.497 e. The molecule has 2 aromatic rings. The van der Waals surface area contributed by atoms with Gasteiger partial charge in [0.2, 0.25) is 0 Å². The zero-order chi connectivity index (χ0) is 18.2. The normalized spacial score (nSPS) is 11.4. The monoisotopic (exact) mass is 344 g/mol. The van der Waals surface area contributed by atoms with Crippen LogP contribution in [0.25, 0.3) is 0 Å². The number of carbonyl (C=O) groups is 1. The molecule has 1 N–H and O–H groups in total. The Morgan fingerprint density at radius 1 is 1.12 bits per heavy atom. The number of nitrogens with one attached hydrogen (secondary N) is 1. The van der Waals surface area contributed by atoms with Crippen LogP contribution in [0.2, 0.25) is 0 Å². The second-order valence-electron chi connectivity index (χ2n) is 5.34. The predicted molar refractivity (Wildman–Crippen MR) is 92.8 cm³/mol. The molecule has 7 nitrogen and oxygen atoms in total. The Balaban J connectivity index is 1.89. The van der Waals surface area contributed by atoms with E-state index in [0.717, 1.165) is 17.7 Å². The largest absolute Gasteiger partial charge is 0.497 e. The van der Waals surface area contributed by atoms with Crippen LogP contribution >= 0.6 is 0 Å². The van der Waals surface area contributed by atoms with Gasteiger partial charge in [-0.15, -0.1) is 0 Å². The van der Waals surface area contributed by atoms with E-state index < -0.39 is 4.92 Å². The van der Waals surface area contributed by atoms with Crippen LogP contribution in [0.5, 0.6) is 11.5 Å². The van der Waals surface area contributed by atoms with Gasteiger partial charge in [-0.3, -0.25) is 14.9 Å². The number of ether oxygens (including phenoxy) is 2. The van der Waals surface area contributed by atoms with Gasteiger partial charge in [0.15, 0.2) is 6.61 Å². The Morgan fingerprint density at radius 2 is 1.72 bits per heavy atom. The maximum atomic E-state index is 12.1. The van der Waals surface area contributed by atoms with Crippen LogP contribution in [0.1, 0.15) is 24.9 Å². The van der Waals surface area contributed by atoms with Gasteiger partial charge in [0, 0.05) is 12.1 Å². The third-order valence-electron chi connectivity index (χ3n) is 3.68. The smallest absolute Gasteiger partial charge is 0.269 e. The summed E-state index contributed by atoms with van der Waals surface area (Å²) >= 11 is 0. The van der Waals surface area contributed by atoms with E-state index in [-0.39, 0.29) is 24.2 Å². The van der Waals surface area contributed by atoms with Gasteiger partial charge in [0.05, 0.1) is 18.1 Å². The molecule has 1 amide bonds. The number of hydrogen-bond acceptors (Lipinski definition) is 5. The highest BCUT2D eigenvalue weighted by Crippen LogP contribution is 2.20. The van der Waals surface area contributed by atoms with E-state index in [4.69, 9.17) is 9.47 Å². The minimum absolute atomic E-state index is 0.0256. The highest BCUT2D eigenvalue weighted by atomic mass is 16.6. The molecule has 0 spiro atoms. The van der Waals surface area contributed by atoms with Gasteiger partial charge in [0.25, 0.3) is 11.6 Å². The Morgan fingerprint density at radius 3 is 2.24 bits per heavy atom. The van der Waals surface area contributed by atoms with Gasteiger partial charge >= 0.3 is 0 Å². The van der Waals surface area contributed by atoms with Crippen molar-refractivity contribution in [3.63, 3.8) is 0 Å². The molecule has 0 fully saturated rings. The Bertz CT molecular complexity index is 713. The molecule has 1 unspecified atom stereocenters. The highest BCUT2D eigenvalue weighted by molar-refractivity contribution is 5.78. The minimum atomic E-state index is -0.489. The first kappa shape index (κ1) is 18.3. The Hall–Kier alpha value is -3.09. The summed E-state index contributed by atoms with van der Waals surface area (Å²) in [6.45, 7) is 1.82. The van der Waals surface area contributed by atoms with Crippen molar-refractivity contribution in [3.8, 4) is 11.5 Å². The van der Waals surface area contributed by atoms with Gasteiger partial charge in [-0.05, 0) is 36.2 Å². The number of non-ortho nitro benzene ring substituents is 1. The van der Waals surface area contributed by atoms with E-state index in [2.05, 4.69) is 5.32 Å². The molecule has 0 radical (unpaired) electrons. The number of nitro benzene ring substituents is 1. The van der Waals surface area contributed by atoms with Crippen molar-refractivity contribution in [2.75, 3.05) is 13.7 Å². The predicted octanol–water partition coefficient (Wildman–Crippen LogP) is 3.25. The van der Waals surface area contributed by atoms with E-state index in [1.807, 2.05) is 31.2 Å². The second kappa shape index (κ2) is 8.68. The molecule has 0 aliphatic rings. The number of hydrogen-bond donors (Lipinski definition) is 1. The van der Waals surface area contributed by atoms with Crippen molar-refractivity contribution in [1.29, 1.82) is 0 Å². The molecule has 7 heteroatoms. The van der Waals surface area contributed by atoms with Crippen LogP contribution < -0.4 is 14.8 Å². The number of carbonyl (C=O) groups excluding carboxylic acids is 1. The van der Waals surface area contributed by atoms with Gasteiger partial charge in [-0.25, -0.2) is 0 Å². The fraction of sp³-hybridized carbons (Fsp3) is 0.278. The van der Waals surface area contributed by atoms with Crippen LogP contribution in [0, 0.1) is 10.1 Å². The molecule has 132 valence electrons. The van der Waals surface area contributed by atoms with Crippen molar-refractivity contribution in [1.82, 2.24) is 5.32 Å². The topological polar surface area (TPSA) is 90.7 Å². The zero-order valence-corrected chi connectivity index (χ0v) is 14.1. The molecular weight excluding hydrogens is 324 g/mol. The summed E-state index contributed by atoms with van der Waals surface area (Å²) in [7, 11) is 1.60. The van der Waals surface area contributed by atoms with E-state index in [1.165, 1.54) is 24.3 Å². The van der Waals surface area contributed by atoms with Crippen LogP contribution in [-0.4, -0.2) is 24.5 Å². The van der Waals surface area contributed by atoms with E-state index in [0.29, 0.717) is 5.75 Å². The van der Waals surface area contributed by atoms with E-state index >= 15 is 0 Å². The summed E-state index contributed by atoms with van der Waals surface area (Å²) in [5.74, 6) is 0.894. The van der Waals surface area contributed by atoms with Crippen molar-refractivity contribution >= 4 is 11.6 Å². The summed E-state index contributed by atoms with van der Waals surface area (Å²) < 4.78 is 10.5. The Labute approximate surface area is 145 Å². The third-order valence-corrected chi connectivity index (χ3v) is 3.68. The molecule has 2 rings (SSSR count). The molecule has 0 saturated heterocycles. The fourth-order valence-electron chi connectivity index (χ4n) is 2.31. The first-order chi connectivity index (χ1) is 12.0. The average molecular weight is 344 g/mol. The fourth-order valence-corrected chi connectivity index (χ4v) is 2.31. The number of nitro groups is 1. The molecule has 0 aliphatic carbocycles. The van der Waals surface area contributed by atoms with Crippen molar-refractivity contribution < 1.29 is 19.2 Å². The zero-order valence-electron chi connectivity index (χ0n) is 14.1. The van der Waals surface area contributed by atoms with Crippen LogP contribution in [-0.2, 0) is 4.79 Å². The molecule has 2 aromatic carbocycles. The lowest BCUT2D eigenvalue weighted by Crippen LogP contribution is -2.32. The summed E-state index contributed by atoms with van der Waals surface area (Å²) in [6.07, 6.45) is 0.732. The Kier molecular flexibility index (Phi) is 6.33. The number of rotatable bonds is 8. The summed E-state index contributed by atoms with van der Waals surface area (Å²) in [5, 5.41) is 13.5. The van der Waals surface area contributed by atoms with Crippen molar-refractivity contribution in [3.05, 3.63) is 64.2 Å². The first-order valence-electron chi connectivity index (χ1n) is 7.84. The van der Waals surface area contributed by atoms with Gasteiger partial charge in [0.1, 0.15) is 11.5 Å². The second-order valence-corrected chi connectivity index (χ2v) is 5.34. The quantitative estimate of drug-likeness (QED) is 0.586. The average Bonchev–Trinajstić information content (AvgIpc) is 2.65. The standard InChI is InChI=1S/C18H20N2O5/c1-3-17(13-4-8-15(24-2)9-5-13)19-18(21)12-25-16-10-6-14(7-11-16)20(22)23/h4-11,17H,3,12H2,1-2H3,(H,19,21). The van der Waals surface area contributed by atoms with Crippen LogP contribution in [0.4, 0.5) is 5.69 Å². The third kappa shape index (κ3) is 5.20. The van der Waals surface area contributed by atoms with Crippen LogP contribution in [0.3, 0.4) is 0 Å². The summed E-state index contributed by atoms with van der Waals surface area (Å²) in [6, 6.07) is 13.0. The van der Waals surface area contributed by atoms with Gasteiger partial charge in [-0.1, -0.05) is 19.1 Å². The number of benzene rings is 2. The lowest BCUT2D eigenvalue weighted by molar-refractivity contribution is -0.384. The van der Waals surface area contributed by atoms with Crippen molar-refractivity contribution in [2.45, 2.75) is 19.4 Å². The molecule has 0 saturated carbocycles. The van der Waals surface area contributed by atoms with E-state index in [1.54, 1.807) is 7.11 Å². The first-order valence-corrected chi connectivity index (χ1v) is 7.84. The number of methoxy groups -OCH3 is 1. The maximum Gasteiger partial charge on any atom is 0.269 e. The van der Waals surface area contributed by atoms with Gasteiger partial charge < -0.3 is 14.8 Å². The van der Waals surface area contributed by atoms with E-state index in [9.17, 15) is 14.9 Å². The molecular formula is C18H20N2O5. The lowest BCUT2D eigenvalue weighted by Gasteiger charge is -2.18. The molecule has 0 bridgehead atoms.